The second-order valence-corrected chi connectivity index (χ2v) is 6.31. The molecule has 2 aromatic rings. The van der Waals surface area contributed by atoms with E-state index in [0.717, 1.165) is 30.0 Å². The van der Waals surface area contributed by atoms with Gasteiger partial charge < -0.3 is 10.1 Å². The maximum Gasteiger partial charge on any atom is 0.299 e. The molecule has 26 heavy (non-hydrogen) atoms. The van der Waals surface area contributed by atoms with Crippen molar-refractivity contribution in [3.63, 3.8) is 0 Å². The summed E-state index contributed by atoms with van der Waals surface area (Å²) in [5.41, 5.74) is 1.77. The standard InChI is InChI=1S/C18H19N3O5/c1-12-4-6-13(7-5-12)18-16(3-2-10-26-18)19-15-9-8-14(20(22)23)11-17(15)21(24)25/h4-9,11,16,18-19H,2-3,10H2,1H3/t16-,18+/m1/s1. The van der Waals surface area contributed by atoms with Crippen LogP contribution in [0.1, 0.15) is 30.1 Å². The van der Waals surface area contributed by atoms with Crippen molar-refractivity contribution in [3.8, 4) is 0 Å². The van der Waals surface area contributed by atoms with Crippen LogP contribution in [0.15, 0.2) is 42.5 Å². The van der Waals surface area contributed by atoms with Gasteiger partial charge in [0.15, 0.2) is 0 Å². The van der Waals surface area contributed by atoms with Gasteiger partial charge in [-0.25, -0.2) is 0 Å². The van der Waals surface area contributed by atoms with E-state index in [1.807, 2.05) is 31.2 Å². The lowest BCUT2D eigenvalue weighted by Crippen LogP contribution is -2.34. The molecule has 1 aliphatic heterocycles. The molecule has 1 aliphatic rings. The third-order valence-electron chi connectivity index (χ3n) is 4.46. The number of anilines is 1. The minimum absolute atomic E-state index is 0.161. The van der Waals surface area contributed by atoms with Gasteiger partial charge in [0, 0.05) is 12.7 Å². The summed E-state index contributed by atoms with van der Waals surface area (Å²) >= 11 is 0. The molecule has 0 saturated carbocycles. The Bertz CT molecular complexity index is 822. The average molecular weight is 357 g/mol. The zero-order valence-corrected chi connectivity index (χ0v) is 14.3. The number of nitro groups is 2. The molecule has 0 bridgehead atoms. The summed E-state index contributed by atoms with van der Waals surface area (Å²) in [6.45, 7) is 2.63. The summed E-state index contributed by atoms with van der Waals surface area (Å²) in [5.74, 6) is 0. The molecule has 3 rings (SSSR count). The fraction of sp³-hybridized carbons (Fsp3) is 0.333. The minimum atomic E-state index is -0.643. The van der Waals surface area contributed by atoms with Crippen molar-refractivity contribution in [3.05, 3.63) is 73.8 Å². The molecule has 0 unspecified atom stereocenters. The number of benzene rings is 2. The second kappa shape index (κ2) is 7.49. The Morgan fingerprint density at radius 3 is 2.46 bits per heavy atom. The van der Waals surface area contributed by atoms with Crippen LogP contribution in [0, 0.1) is 27.2 Å². The first-order valence-electron chi connectivity index (χ1n) is 8.33. The van der Waals surface area contributed by atoms with E-state index in [1.54, 1.807) is 0 Å². The lowest BCUT2D eigenvalue weighted by Gasteiger charge is -2.33. The van der Waals surface area contributed by atoms with Gasteiger partial charge in [-0.05, 0) is 31.4 Å². The molecular formula is C18H19N3O5. The third-order valence-corrected chi connectivity index (χ3v) is 4.46. The van der Waals surface area contributed by atoms with Crippen LogP contribution in [0.4, 0.5) is 17.1 Å². The summed E-state index contributed by atoms with van der Waals surface area (Å²) in [7, 11) is 0. The molecule has 8 nitrogen and oxygen atoms in total. The second-order valence-electron chi connectivity index (χ2n) is 6.31. The topological polar surface area (TPSA) is 108 Å². The Labute approximate surface area is 150 Å². The number of hydrogen-bond acceptors (Lipinski definition) is 6. The van der Waals surface area contributed by atoms with Gasteiger partial charge in [-0.15, -0.1) is 0 Å². The van der Waals surface area contributed by atoms with E-state index in [1.165, 1.54) is 12.1 Å². The van der Waals surface area contributed by atoms with Crippen LogP contribution in [-0.2, 0) is 4.74 Å². The zero-order chi connectivity index (χ0) is 18.7. The monoisotopic (exact) mass is 357 g/mol. The summed E-state index contributed by atoms with van der Waals surface area (Å²) < 4.78 is 5.91. The Hall–Kier alpha value is -3.00. The molecular weight excluding hydrogens is 338 g/mol. The van der Waals surface area contributed by atoms with Crippen molar-refractivity contribution in [2.45, 2.75) is 31.9 Å². The van der Waals surface area contributed by atoms with Crippen LogP contribution in [0.25, 0.3) is 0 Å². The van der Waals surface area contributed by atoms with E-state index < -0.39 is 9.85 Å². The highest BCUT2D eigenvalue weighted by atomic mass is 16.6. The largest absolute Gasteiger partial charge is 0.374 e. The lowest BCUT2D eigenvalue weighted by atomic mass is 9.95. The molecule has 1 fully saturated rings. The number of nitro benzene ring substituents is 2. The van der Waals surface area contributed by atoms with Gasteiger partial charge >= 0.3 is 0 Å². The van der Waals surface area contributed by atoms with Crippen LogP contribution in [-0.4, -0.2) is 22.5 Å². The van der Waals surface area contributed by atoms with E-state index in [0.29, 0.717) is 6.61 Å². The summed E-state index contributed by atoms with van der Waals surface area (Å²) in [6.07, 6.45) is 1.38. The molecule has 0 amide bonds. The van der Waals surface area contributed by atoms with Crippen molar-refractivity contribution < 1.29 is 14.6 Å². The van der Waals surface area contributed by atoms with E-state index in [4.69, 9.17) is 4.74 Å². The Kier molecular flexibility index (Phi) is 5.13. The molecule has 136 valence electrons. The fourth-order valence-electron chi connectivity index (χ4n) is 3.12. The van der Waals surface area contributed by atoms with Gasteiger partial charge in [0.2, 0.25) is 0 Å². The maximum atomic E-state index is 11.3. The zero-order valence-electron chi connectivity index (χ0n) is 14.3. The van der Waals surface area contributed by atoms with Crippen molar-refractivity contribution >= 4 is 17.1 Å². The maximum absolute atomic E-state index is 11.3. The Balaban J connectivity index is 1.89. The van der Waals surface area contributed by atoms with Crippen molar-refractivity contribution in [2.75, 3.05) is 11.9 Å². The van der Waals surface area contributed by atoms with Gasteiger partial charge in [0.25, 0.3) is 11.4 Å². The number of ether oxygens (including phenoxy) is 1. The van der Waals surface area contributed by atoms with Crippen LogP contribution in [0.2, 0.25) is 0 Å². The first kappa shape index (κ1) is 17.8. The van der Waals surface area contributed by atoms with Gasteiger partial charge in [-0.1, -0.05) is 29.8 Å². The molecule has 2 aromatic carbocycles. The van der Waals surface area contributed by atoms with E-state index in [-0.39, 0.29) is 29.2 Å². The van der Waals surface area contributed by atoms with Gasteiger partial charge in [0.05, 0.1) is 22.0 Å². The van der Waals surface area contributed by atoms with Gasteiger partial charge in [-0.2, -0.15) is 0 Å². The number of non-ortho nitro benzene ring substituents is 1. The number of nitrogens with zero attached hydrogens (tertiary/aromatic N) is 2. The molecule has 0 aliphatic carbocycles. The quantitative estimate of drug-likeness (QED) is 0.636. The SMILES string of the molecule is Cc1ccc([C@@H]2OCCC[C@H]2Nc2ccc([N+](=O)[O-])cc2[N+](=O)[O-])cc1. The molecule has 1 heterocycles. The molecule has 0 spiro atoms. The number of hydrogen-bond donors (Lipinski definition) is 1. The van der Waals surface area contributed by atoms with Crippen LogP contribution >= 0.6 is 0 Å². The Morgan fingerprint density at radius 2 is 1.81 bits per heavy atom. The minimum Gasteiger partial charge on any atom is -0.374 e. The summed E-state index contributed by atoms with van der Waals surface area (Å²) in [4.78, 5) is 21.0. The first-order valence-corrected chi connectivity index (χ1v) is 8.33. The van der Waals surface area contributed by atoms with Crippen LogP contribution in [0.3, 0.4) is 0 Å². The molecule has 2 atom stereocenters. The molecule has 8 heteroatoms. The van der Waals surface area contributed by atoms with E-state index in [2.05, 4.69) is 5.32 Å². The predicted molar refractivity (Wildman–Crippen MR) is 96.3 cm³/mol. The highest BCUT2D eigenvalue weighted by molar-refractivity contribution is 5.65. The number of nitrogens with one attached hydrogen (secondary N) is 1. The smallest absolute Gasteiger partial charge is 0.299 e. The number of aryl methyl sites for hydroxylation is 1. The fourth-order valence-corrected chi connectivity index (χ4v) is 3.12. The molecule has 1 N–H and O–H groups in total. The lowest BCUT2D eigenvalue weighted by molar-refractivity contribution is -0.393. The number of rotatable bonds is 5. The predicted octanol–water partition coefficient (Wildman–Crippen LogP) is 4.14. The van der Waals surface area contributed by atoms with Crippen molar-refractivity contribution in [2.24, 2.45) is 0 Å². The summed E-state index contributed by atoms with van der Waals surface area (Å²) in [6, 6.07) is 11.4. The van der Waals surface area contributed by atoms with E-state index >= 15 is 0 Å². The van der Waals surface area contributed by atoms with Gasteiger partial charge in [0.1, 0.15) is 11.8 Å². The normalized spacial score (nSPS) is 19.7. The molecule has 0 aromatic heterocycles. The summed E-state index contributed by atoms with van der Waals surface area (Å²) in [5, 5.41) is 25.4. The average Bonchev–Trinajstić information content (AvgIpc) is 2.63. The molecule has 0 radical (unpaired) electrons. The first-order chi connectivity index (χ1) is 12.5. The van der Waals surface area contributed by atoms with Crippen LogP contribution in [0.5, 0.6) is 0 Å². The van der Waals surface area contributed by atoms with Crippen molar-refractivity contribution in [1.29, 1.82) is 0 Å². The van der Waals surface area contributed by atoms with Gasteiger partial charge in [-0.3, -0.25) is 20.2 Å². The highest BCUT2D eigenvalue weighted by Gasteiger charge is 2.30. The van der Waals surface area contributed by atoms with Crippen molar-refractivity contribution in [1.82, 2.24) is 0 Å². The van der Waals surface area contributed by atoms with E-state index in [9.17, 15) is 20.2 Å². The Morgan fingerprint density at radius 1 is 1.08 bits per heavy atom. The highest BCUT2D eigenvalue weighted by Crippen LogP contribution is 2.35. The third kappa shape index (κ3) is 3.80. The van der Waals surface area contributed by atoms with Crippen LogP contribution < -0.4 is 5.32 Å². The molecule has 1 saturated heterocycles.